The number of hydrogen-bond donors (Lipinski definition) is 2. The molecule has 2 N–H and O–H groups in total. The molecule has 2 rings (SSSR count). The molecule has 9 heteroatoms. The van der Waals surface area contributed by atoms with Crippen LogP contribution in [0, 0.1) is 18.8 Å². The van der Waals surface area contributed by atoms with E-state index in [0.717, 1.165) is 23.3 Å². The van der Waals surface area contributed by atoms with Crippen LogP contribution in [0.15, 0.2) is 18.2 Å². The second kappa shape index (κ2) is 12.4. The average molecular weight is 482 g/mol. The fraction of sp³-hybridized carbons (Fsp3) is 0.667. The molecular weight excluding hydrogens is 442 g/mol. The van der Waals surface area contributed by atoms with E-state index in [1.807, 2.05) is 39.0 Å². The number of rotatable bonds is 14. The highest BCUT2D eigenvalue weighted by molar-refractivity contribution is 7.89. The molecule has 33 heavy (non-hydrogen) atoms. The highest BCUT2D eigenvalue weighted by Crippen LogP contribution is 2.29. The van der Waals surface area contributed by atoms with Crippen LogP contribution < -0.4 is 14.8 Å². The van der Waals surface area contributed by atoms with E-state index in [1.165, 1.54) is 4.90 Å². The van der Waals surface area contributed by atoms with Gasteiger partial charge in [0.05, 0.1) is 12.4 Å². The molecule has 0 aliphatic carbocycles. The summed E-state index contributed by atoms with van der Waals surface area (Å²) in [5.74, 6) is 1.03. The van der Waals surface area contributed by atoms with Crippen molar-refractivity contribution in [2.24, 2.45) is 11.8 Å². The Morgan fingerprint density at radius 3 is 2.48 bits per heavy atom. The third-order valence-corrected chi connectivity index (χ3v) is 7.41. The normalized spacial score (nSPS) is 16.2. The lowest BCUT2D eigenvalue weighted by molar-refractivity contribution is -0.118. The summed E-state index contributed by atoms with van der Waals surface area (Å²) in [4.78, 5) is 24.2. The Morgan fingerprint density at radius 2 is 1.88 bits per heavy atom. The van der Waals surface area contributed by atoms with Gasteiger partial charge in [-0.1, -0.05) is 52.7 Å². The third-order valence-electron chi connectivity index (χ3n) is 5.97. The molecule has 0 bridgehead atoms. The van der Waals surface area contributed by atoms with E-state index in [0.29, 0.717) is 38.3 Å². The number of unbranched alkanes of at least 4 members (excludes halogenated alkanes) is 2. The number of carbonyl (C=O) groups is 2. The number of aryl methyl sites for hydroxylation is 1. The lowest BCUT2D eigenvalue weighted by atomic mass is 9.96. The summed E-state index contributed by atoms with van der Waals surface area (Å²) < 4.78 is 34.4. The molecule has 3 amide bonds. The van der Waals surface area contributed by atoms with Crippen LogP contribution in [0.4, 0.5) is 4.79 Å². The summed E-state index contributed by atoms with van der Waals surface area (Å²) in [5, 5.41) is 2.24. The largest absolute Gasteiger partial charge is 0.493 e. The SMILES string of the molecule is CCC(C)COc1cc(C(NS(=O)(=O)CCCCCN2CC(=O)NC2=O)C(C)C)ccc1C. The number of imide groups is 1. The summed E-state index contributed by atoms with van der Waals surface area (Å²) >= 11 is 0. The summed E-state index contributed by atoms with van der Waals surface area (Å²) in [6.45, 7) is 11.4. The zero-order valence-corrected chi connectivity index (χ0v) is 21.3. The summed E-state index contributed by atoms with van der Waals surface area (Å²) in [6, 6.07) is 5.17. The van der Waals surface area contributed by atoms with Crippen molar-refractivity contribution in [1.82, 2.24) is 14.9 Å². The van der Waals surface area contributed by atoms with E-state index in [2.05, 4.69) is 23.9 Å². The van der Waals surface area contributed by atoms with Gasteiger partial charge in [0.25, 0.3) is 0 Å². The number of benzene rings is 1. The monoisotopic (exact) mass is 481 g/mol. The topological polar surface area (TPSA) is 105 Å². The van der Waals surface area contributed by atoms with Gasteiger partial charge in [-0.2, -0.15) is 0 Å². The number of nitrogens with zero attached hydrogens (tertiary/aromatic N) is 1. The van der Waals surface area contributed by atoms with E-state index in [1.54, 1.807) is 0 Å². The zero-order chi connectivity index (χ0) is 24.6. The van der Waals surface area contributed by atoms with Gasteiger partial charge in [-0.05, 0) is 48.8 Å². The van der Waals surface area contributed by atoms with Crippen LogP contribution in [0.25, 0.3) is 0 Å². The molecule has 1 aliphatic heterocycles. The van der Waals surface area contributed by atoms with E-state index < -0.39 is 10.0 Å². The van der Waals surface area contributed by atoms with Crippen LogP contribution in [0.5, 0.6) is 5.75 Å². The van der Waals surface area contributed by atoms with Gasteiger partial charge in [0.2, 0.25) is 15.9 Å². The van der Waals surface area contributed by atoms with E-state index >= 15 is 0 Å². The Hall–Kier alpha value is -2.13. The molecule has 1 saturated heterocycles. The van der Waals surface area contributed by atoms with Gasteiger partial charge in [-0.25, -0.2) is 17.9 Å². The maximum absolute atomic E-state index is 12.8. The molecule has 0 saturated carbocycles. The molecule has 0 aromatic heterocycles. The number of urea groups is 1. The Labute approximate surface area is 198 Å². The zero-order valence-electron chi connectivity index (χ0n) is 20.5. The quantitative estimate of drug-likeness (QED) is 0.311. The molecule has 0 radical (unpaired) electrons. The fourth-order valence-corrected chi connectivity index (χ4v) is 5.09. The minimum Gasteiger partial charge on any atom is -0.493 e. The van der Waals surface area contributed by atoms with Crippen LogP contribution in [-0.2, 0) is 14.8 Å². The highest BCUT2D eigenvalue weighted by atomic mass is 32.2. The van der Waals surface area contributed by atoms with Gasteiger partial charge in [0.1, 0.15) is 12.3 Å². The molecule has 1 aliphatic rings. The fourth-order valence-electron chi connectivity index (χ4n) is 3.59. The van der Waals surface area contributed by atoms with Gasteiger partial charge in [-0.15, -0.1) is 0 Å². The molecule has 1 fully saturated rings. The average Bonchev–Trinajstić information content (AvgIpc) is 3.07. The first-order valence-electron chi connectivity index (χ1n) is 11.8. The maximum atomic E-state index is 12.8. The second-order valence-corrected chi connectivity index (χ2v) is 11.2. The van der Waals surface area contributed by atoms with E-state index in [-0.39, 0.29) is 36.2 Å². The summed E-state index contributed by atoms with van der Waals surface area (Å²) in [7, 11) is -3.48. The molecule has 186 valence electrons. The van der Waals surface area contributed by atoms with Crippen LogP contribution in [0.2, 0.25) is 0 Å². The number of nitrogens with one attached hydrogen (secondary N) is 2. The number of carbonyl (C=O) groups excluding carboxylic acids is 2. The standard InChI is InChI=1S/C24H39N3O5S/c1-6-18(4)16-32-21-14-20(11-10-19(21)5)23(17(2)3)26-33(30,31)13-9-7-8-12-27-15-22(28)25-24(27)29/h10-11,14,17-18,23,26H,6-9,12-13,15-16H2,1-5H3,(H,25,28,29). The van der Waals surface area contributed by atoms with Crippen molar-refractivity contribution in [2.75, 3.05) is 25.4 Å². The lowest BCUT2D eigenvalue weighted by Gasteiger charge is -2.24. The Bertz CT molecular complexity index is 917. The van der Waals surface area contributed by atoms with Crippen molar-refractivity contribution in [1.29, 1.82) is 0 Å². The van der Waals surface area contributed by atoms with Crippen molar-refractivity contribution in [3.05, 3.63) is 29.3 Å². The van der Waals surface area contributed by atoms with Crippen molar-refractivity contribution < 1.29 is 22.7 Å². The van der Waals surface area contributed by atoms with Crippen LogP contribution >= 0.6 is 0 Å². The highest BCUT2D eigenvalue weighted by Gasteiger charge is 2.26. The van der Waals surface area contributed by atoms with Gasteiger partial charge in [0.15, 0.2) is 0 Å². The number of ether oxygens (including phenoxy) is 1. The molecule has 1 aromatic rings. The van der Waals surface area contributed by atoms with Crippen LogP contribution in [0.3, 0.4) is 0 Å². The molecule has 2 atom stereocenters. The molecular formula is C24H39N3O5S. The second-order valence-electron chi connectivity index (χ2n) is 9.34. The Balaban J connectivity index is 1.92. The predicted molar refractivity (Wildman–Crippen MR) is 130 cm³/mol. The number of hydrogen-bond acceptors (Lipinski definition) is 5. The van der Waals surface area contributed by atoms with Gasteiger partial charge >= 0.3 is 6.03 Å². The minimum atomic E-state index is -3.48. The molecule has 1 heterocycles. The lowest BCUT2D eigenvalue weighted by Crippen LogP contribution is -2.33. The maximum Gasteiger partial charge on any atom is 0.324 e. The minimum absolute atomic E-state index is 0.0184. The first-order chi connectivity index (χ1) is 15.5. The van der Waals surface area contributed by atoms with Crippen molar-refractivity contribution in [2.45, 2.75) is 66.3 Å². The molecule has 8 nitrogen and oxygen atoms in total. The molecule has 0 spiro atoms. The van der Waals surface area contributed by atoms with E-state index in [9.17, 15) is 18.0 Å². The number of sulfonamides is 1. The summed E-state index contributed by atoms with van der Waals surface area (Å²) in [5.41, 5.74) is 1.92. The third kappa shape index (κ3) is 8.62. The molecule has 2 unspecified atom stereocenters. The summed E-state index contributed by atoms with van der Waals surface area (Å²) in [6.07, 6.45) is 2.83. The first-order valence-corrected chi connectivity index (χ1v) is 13.5. The van der Waals surface area contributed by atoms with Gasteiger partial charge < -0.3 is 9.64 Å². The van der Waals surface area contributed by atoms with Crippen LogP contribution in [-0.4, -0.2) is 50.7 Å². The van der Waals surface area contributed by atoms with Gasteiger partial charge in [-0.3, -0.25) is 10.1 Å². The predicted octanol–water partition coefficient (Wildman–Crippen LogP) is 3.76. The van der Waals surface area contributed by atoms with Crippen molar-refractivity contribution >= 4 is 22.0 Å². The van der Waals surface area contributed by atoms with Gasteiger partial charge in [0, 0.05) is 12.6 Å². The Morgan fingerprint density at radius 1 is 1.15 bits per heavy atom. The van der Waals surface area contributed by atoms with Crippen LogP contribution in [0.1, 0.15) is 70.5 Å². The smallest absolute Gasteiger partial charge is 0.324 e. The van der Waals surface area contributed by atoms with E-state index in [4.69, 9.17) is 4.74 Å². The van der Waals surface area contributed by atoms with Crippen molar-refractivity contribution in [3.8, 4) is 5.75 Å². The number of amides is 3. The first kappa shape index (κ1) is 27.1. The molecule has 1 aromatic carbocycles. The Kier molecular flexibility index (Phi) is 10.2. The van der Waals surface area contributed by atoms with Crippen molar-refractivity contribution in [3.63, 3.8) is 0 Å².